The van der Waals surface area contributed by atoms with Crippen LogP contribution in [-0.2, 0) is 68.7 Å². The van der Waals surface area contributed by atoms with Crippen LogP contribution in [0.3, 0.4) is 0 Å². The average Bonchev–Trinajstić information content (AvgIpc) is 2.64. The zero-order valence-corrected chi connectivity index (χ0v) is 30.5. The molecule has 0 atom stereocenters. The molecule has 1 N–H and O–H groups in total. The normalized spacial score (nSPS) is 8.07. The molecular formula is C24H55NO13S3. The number of ether oxygens (including phenoxy) is 2. The molecule has 0 bridgehead atoms. The summed E-state index contributed by atoms with van der Waals surface area (Å²) in [6, 6.07) is 0. The number of carbonyl (C=O) groups is 6. The molecule has 0 aliphatic heterocycles. The predicted molar refractivity (Wildman–Crippen MR) is 166 cm³/mol. The molecule has 14 nitrogen and oxygen atoms in total. The first-order valence-corrected chi connectivity index (χ1v) is 17.5. The van der Waals surface area contributed by atoms with Crippen molar-refractivity contribution >= 4 is 65.7 Å². The molecule has 0 aromatic carbocycles. The molecule has 0 saturated carbocycles. The molecule has 0 aliphatic carbocycles. The number of Topliss-reactive ketones (excluding diaryl/α,β-unsaturated/α-hetero) is 3. The number of methoxy groups -OCH3 is 2. The van der Waals surface area contributed by atoms with Crippen molar-refractivity contribution in [3.8, 4) is 0 Å². The molecule has 0 rings (SSSR count). The molecule has 0 radical (unpaired) electrons. The van der Waals surface area contributed by atoms with E-state index in [4.69, 9.17) is 0 Å². The number of esters is 2. The highest BCUT2D eigenvalue weighted by Crippen LogP contribution is 1.62. The minimum Gasteiger partial charge on any atom is -0.469 e. The van der Waals surface area contributed by atoms with Gasteiger partial charge in [0.25, 0.3) is 0 Å². The third-order valence-corrected chi connectivity index (χ3v) is 0.927. The van der Waals surface area contributed by atoms with Crippen LogP contribution in [0.25, 0.3) is 0 Å². The van der Waals surface area contributed by atoms with Crippen molar-refractivity contribution in [1.29, 1.82) is 0 Å². The van der Waals surface area contributed by atoms with Gasteiger partial charge >= 0.3 is 11.9 Å². The minimum atomic E-state index is -2.67. The summed E-state index contributed by atoms with van der Waals surface area (Å²) in [4.78, 5) is 57.2. The number of nitrogens with one attached hydrogen (secondary N) is 1. The number of hydrogen-bond acceptors (Lipinski definition) is 13. The van der Waals surface area contributed by atoms with Crippen LogP contribution in [0, 0.1) is 0 Å². The van der Waals surface area contributed by atoms with Crippen LogP contribution in [0.2, 0.25) is 0 Å². The first-order chi connectivity index (χ1) is 17.7. The van der Waals surface area contributed by atoms with Crippen molar-refractivity contribution in [2.24, 2.45) is 0 Å². The lowest BCUT2D eigenvalue weighted by molar-refractivity contribution is -0.138. The van der Waals surface area contributed by atoms with Crippen LogP contribution in [-0.4, -0.2) is 115 Å². The summed E-state index contributed by atoms with van der Waals surface area (Å²) in [6.45, 7) is 13.4. The molecule has 0 unspecified atom stereocenters. The first-order valence-electron chi connectivity index (χ1n) is 11.0. The van der Waals surface area contributed by atoms with Crippen molar-refractivity contribution in [2.45, 2.75) is 62.3 Å². The van der Waals surface area contributed by atoms with E-state index in [0.717, 1.165) is 25.0 Å². The highest BCUT2D eigenvalue weighted by Gasteiger charge is 1.79. The predicted octanol–water partition coefficient (Wildman–Crippen LogP) is 1.21. The first kappa shape index (κ1) is 62.2. The van der Waals surface area contributed by atoms with Crippen molar-refractivity contribution in [3.63, 3.8) is 0 Å². The molecule has 0 fully saturated rings. The summed E-state index contributed by atoms with van der Waals surface area (Å²) in [7, 11) is -1.65. The smallest absolute Gasteiger partial charge is 0.302 e. The largest absolute Gasteiger partial charge is 0.469 e. The van der Waals surface area contributed by atoms with Crippen LogP contribution < -0.4 is 5.32 Å². The van der Waals surface area contributed by atoms with Crippen molar-refractivity contribution in [1.82, 2.24) is 5.32 Å². The Labute approximate surface area is 251 Å². The molecule has 0 saturated heterocycles. The summed E-state index contributed by atoms with van der Waals surface area (Å²) in [5.41, 5.74) is 0. The number of carbonyl (C=O) groups excluding carboxylic acids is 6. The monoisotopic (exact) mass is 661 g/mol. The lowest BCUT2D eigenvalue weighted by Crippen LogP contribution is -2.11. The Hall–Kier alpha value is -2.53. The Morgan fingerprint density at radius 1 is 0.537 bits per heavy atom. The van der Waals surface area contributed by atoms with Gasteiger partial charge in [0, 0.05) is 76.2 Å². The molecule has 41 heavy (non-hydrogen) atoms. The Balaban J connectivity index is -0.0000000402. The summed E-state index contributed by atoms with van der Waals surface area (Å²) < 4.78 is 56.3. The van der Waals surface area contributed by atoms with Crippen LogP contribution in [0.5, 0.6) is 0 Å². The fourth-order valence-corrected chi connectivity index (χ4v) is 0. The summed E-state index contributed by atoms with van der Waals surface area (Å²) >= 11 is 0. The Morgan fingerprint density at radius 2 is 0.585 bits per heavy atom. The summed E-state index contributed by atoms with van der Waals surface area (Å²) in [6.07, 6.45) is 7.92. The molecule has 0 aliphatic rings. The highest BCUT2D eigenvalue weighted by atomic mass is 32.2. The van der Waals surface area contributed by atoms with E-state index in [9.17, 15) is 49.8 Å². The van der Waals surface area contributed by atoms with Crippen LogP contribution in [0.1, 0.15) is 62.3 Å². The SMILES string of the molecule is CC(C)=O.CC(C)=O.CC(C)=O.CNC(C)=O.COC(C)=O.COC(C)=O.CS(C)(=O)=O.CS(C)(=O)=O.CS(C)=O. The standard InChI is InChI=1S/C3H7NO.2C3H6O2.3C3H6O.2C2H6O2S.C2H6OS/c1-3(5)4-2;2*1-3(4)5-2;3*1-3(2)4;2*1-5(2,3)4;1-4(2)3/h1-2H3,(H,4,5);2*1-2H3;3*1-2H3;2*1-2H3;1-2H3. The fraction of sp³-hybridized carbons (Fsp3) is 0.750. The molecule has 0 aromatic heterocycles. The van der Waals surface area contributed by atoms with Gasteiger partial charge in [0.15, 0.2) is 0 Å². The van der Waals surface area contributed by atoms with Crippen LogP contribution >= 0.6 is 0 Å². The molecule has 0 heterocycles. The number of rotatable bonds is 0. The molecule has 252 valence electrons. The average molecular weight is 662 g/mol. The van der Waals surface area contributed by atoms with Crippen LogP contribution in [0.4, 0.5) is 0 Å². The number of sulfone groups is 2. The van der Waals surface area contributed by atoms with Gasteiger partial charge in [0.05, 0.1) is 14.2 Å². The molecule has 17 heteroatoms. The Morgan fingerprint density at radius 3 is 0.585 bits per heavy atom. The highest BCUT2D eigenvalue weighted by molar-refractivity contribution is 7.90. The van der Waals surface area contributed by atoms with Gasteiger partial charge in [-0.1, -0.05) is 0 Å². The van der Waals surface area contributed by atoms with Gasteiger partial charge in [-0.25, -0.2) is 16.8 Å². The van der Waals surface area contributed by atoms with Crippen molar-refractivity contribution in [2.75, 3.05) is 58.8 Å². The quantitative estimate of drug-likeness (QED) is 0.361. The van der Waals surface area contributed by atoms with Crippen molar-refractivity contribution in [3.05, 3.63) is 0 Å². The number of amides is 1. The fourth-order valence-electron chi connectivity index (χ4n) is 0. The van der Waals surface area contributed by atoms with Gasteiger partial charge in [-0.3, -0.25) is 18.6 Å². The van der Waals surface area contributed by atoms with E-state index in [0.29, 0.717) is 0 Å². The Bertz CT molecular complexity index is 768. The van der Waals surface area contributed by atoms with Crippen LogP contribution in [0.15, 0.2) is 0 Å². The maximum Gasteiger partial charge on any atom is 0.302 e. The van der Waals surface area contributed by atoms with Gasteiger partial charge in [-0.15, -0.1) is 0 Å². The van der Waals surface area contributed by atoms with E-state index >= 15 is 0 Å². The number of hydrogen-bond donors (Lipinski definition) is 1. The van der Waals surface area contributed by atoms with Gasteiger partial charge in [-0.05, 0) is 41.5 Å². The topological polar surface area (TPSA) is 218 Å². The third-order valence-electron chi connectivity index (χ3n) is 0.927. The number of ketones is 3. The lowest BCUT2D eigenvalue weighted by Gasteiger charge is -1.80. The molecule has 0 aromatic rings. The molecule has 1 amide bonds. The van der Waals surface area contributed by atoms with E-state index in [1.54, 1.807) is 19.6 Å². The summed E-state index contributed by atoms with van der Waals surface area (Å²) in [5.74, 6) is 0.0139. The molecular weight excluding hydrogens is 606 g/mol. The van der Waals surface area contributed by atoms with E-state index in [2.05, 4.69) is 14.8 Å². The van der Waals surface area contributed by atoms with E-state index < -0.39 is 30.5 Å². The third kappa shape index (κ3) is 3920. The Kier molecular flexibility index (Phi) is 67.5. The molecule has 0 spiro atoms. The van der Waals surface area contributed by atoms with E-state index in [1.165, 1.54) is 76.5 Å². The van der Waals surface area contributed by atoms with Gasteiger partial charge in [0.1, 0.15) is 37.0 Å². The maximum absolute atomic E-state index is 9.70. The van der Waals surface area contributed by atoms with Gasteiger partial charge < -0.3 is 29.2 Å². The zero-order valence-electron chi connectivity index (χ0n) is 28.0. The maximum atomic E-state index is 9.70. The van der Waals surface area contributed by atoms with E-state index in [1.807, 2.05) is 0 Å². The summed E-state index contributed by atoms with van der Waals surface area (Å²) in [5, 5.41) is 2.39. The lowest BCUT2D eigenvalue weighted by atomic mass is 10.6. The second-order valence-electron chi connectivity index (χ2n) is 7.95. The zero-order chi connectivity index (χ0) is 36.2. The minimum absolute atomic E-state index is 0.00463. The van der Waals surface area contributed by atoms with Gasteiger partial charge in [0.2, 0.25) is 5.91 Å². The second-order valence-corrected chi connectivity index (χ2v) is 14.0. The van der Waals surface area contributed by atoms with Gasteiger partial charge in [-0.2, -0.15) is 0 Å². The second kappa shape index (κ2) is 44.5. The van der Waals surface area contributed by atoms with E-state index in [-0.39, 0.29) is 35.2 Å². The van der Waals surface area contributed by atoms with Crippen molar-refractivity contribution < 1.29 is 59.3 Å².